The molecule has 20 heavy (non-hydrogen) atoms. The highest BCUT2D eigenvalue weighted by molar-refractivity contribution is 5.76. The van der Waals surface area contributed by atoms with Crippen LogP contribution in [0.25, 0.3) is 11.0 Å². The third-order valence-corrected chi connectivity index (χ3v) is 2.90. The molecule has 2 aromatic heterocycles. The summed E-state index contributed by atoms with van der Waals surface area (Å²) in [7, 11) is 0. The summed E-state index contributed by atoms with van der Waals surface area (Å²) in [5, 5.41) is 10.2. The zero-order valence-electron chi connectivity index (χ0n) is 10.8. The summed E-state index contributed by atoms with van der Waals surface area (Å²) in [5.74, 6) is 0.777. The first-order valence-electron chi connectivity index (χ1n) is 6.36. The van der Waals surface area contributed by atoms with Crippen LogP contribution in [0.1, 0.15) is 5.82 Å². The van der Waals surface area contributed by atoms with Crippen LogP contribution in [0.15, 0.2) is 36.7 Å². The largest absolute Gasteiger partial charge is 0.354 e. The van der Waals surface area contributed by atoms with Crippen LogP contribution >= 0.6 is 0 Å². The molecule has 2 N–H and O–H groups in total. The molecule has 0 atom stereocenters. The zero-order chi connectivity index (χ0) is 13.8. The van der Waals surface area contributed by atoms with Gasteiger partial charge < -0.3 is 10.3 Å². The zero-order valence-corrected chi connectivity index (χ0v) is 10.8. The molecule has 0 aliphatic carbocycles. The molecule has 1 aromatic carbocycles. The number of carbonyl (C=O) groups is 1. The molecule has 7 nitrogen and oxygen atoms in total. The lowest BCUT2D eigenvalue weighted by molar-refractivity contribution is -0.121. The minimum atomic E-state index is -0.0911. The molecule has 0 aliphatic heterocycles. The number of aromatic amines is 1. The molecule has 102 valence electrons. The first-order valence-corrected chi connectivity index (χ1v) is 6.36. The highest BCUT2D eigenvalue weighted by atomic mass is 16.2. The predicted octanol–water partition coefficient (Wildman–Crippen LogP) is 0.513. The van der Waals surface area contributed by atoms with Gasteiger partial charge in [0, 0.05) is 19.2 Å². The van der Waals surface area contributed by atoms with Crippen molar-refractivity contribution in [3.8, 4) is 0 Å². The van der Waals surface area contributed by atoms with Crippen molar-refractivity contribution in [2.75, 3.05) is 6.54 Å². The Bertz CT molecular complexity index is 670. The van der Waals surface area contributed by atoms with E-state index in [1.54, 1.807) is 12.4 Å². The highest BCUT2D eigenvalue weighted by Gasteiger charge is 2.05. The van der Waals surface area contributed by atoms with E-state index in [0.717, 1.165) is 16.9 Å². The Kier molecular flexibility index (Phi) is 3.40. The van der Waals surface area contributed by atoms with E-state index in [1.807, 2.05) is 24.3 Å². The second kappa shape index (κ2) is 5.52. The van der Waals surface area contributed by atoms with Gasteiger partial charge in [-0.05, 0) is 12.1 Å². The lowest BCUT2D eigenvalue weighted by Gasteiger charge is -2.03. The number of benzene rings is 1. The van der Waals surface area contributed by atoms with Crippen LogP contribution < -0.4 is 5.32 Å². The summed E-state index contributed by atoms with van der Waals surface area (Å²) in [6, 6.07) is 7.85. The topological polar surface area (TPSA) is 88.5 Å². The van der Waals surface area contributed by atoms with E-state index in [0.29, 0.717) is 13.0 Å². The molecule has 1 amide bonds. The van der Waals surface area contributed by atoms with Crippen molar-refractivity contribution >= 4 is 16.9 Å². The third-order valence-electron chi connectivity index (χ3n) is 2.90. The number of hydrogen-bond acceptors (Lipinski definition) is 4. The molecule has 0 spiro atoms. The van der Waals surface area contributed by atoms with E-state index < -0.39 is 0 Å². The summed E-state index contributed by atoms with van der Waals surface area (Å²) in [4.78, 5) is 19.3. The Morgan fingerprint density at radius 1 is 1.35 bits per heavy atom. The minimum Gasteiger partial charge on any atom is -0.354 e. The van der Waals surface area contributed by atoms with Gasteiger partial charge in [-0.25, -0.2) is 9.67 Å². The van der Waals surface area contributed by atoms with Crippen molar-refractivity contribution in [1.29, 1.82) is 0 Å². The van der Waals surface area contributed by atoms with Crippen molar-refractivity contribution in [2.24, 2.45) is 0 Å². The highest BCUT2D eigenvalue weighted by Crippen LogP contribution is 2.10. The second-order valence-electron chi connectivity index (χ2n) is 4.40. The van der Waals surface area contributed by atoms with E-state index in [9.17, 15) is 4.79 Å². The number of carbonyl (C=O) groups excluding carboxylic acids is 1. The summed E-state index contributed by atoms with van der Waals surface area (Å²) in [5.41, 5.74) is 1.95. The molecule has 0 fully saturated rings. The summed E-state index contributed by atoms with van der Waals surface area (Å²) < 4.78 is 1.48. The number of nitrogens with one attached hydrogen (secondary N) is 2. The predicted molar refractivity (Wildman–Crippen MR) is 72.8 cm³/mol. The number of para-hydroxylation sites is 2. The fourth-order valence-electron chi connectivity index (χ4n) is 1.96. The van der Waals surface area contributed by atoms with E-state index in [-0.39, 0.29) is 12.5 Å². The maximum absolute atomic E-state index is 11.6. The van der Waals surface area contributed by atoms with Crippen LogP contribution in [0, 0.1) is 0 Å². The molecule has 0 radical (unpaired) electrons. The van der Waals surface area contributed by atoms with Crippen molar-refractivity contribution in [2.45, 2.75) is 13.0 Å². The van der Waals surface area contributed by atoms with Gasteiger partial charge in [-0.2, -0.15) is 0 Å². The fourth-order valence-corrected chi connectivity index (χ4v) is 1.96. The summed E-state index contributed by atoms with van der Waals surface area (Å²) in [6.45, 7) is 0.716. The second-order valence-corrected chi connectivity index (χ2v) is 4.40. The molecule has 0 saturated heterocycles. The molecule has 0 aliphatic rings. The molecule has 7 heteroatoms. The lowest BCUT2D eigenvalue weighted by atomic mass is 10.3. The maximum Gasteiger partial charge on any atom is 0.241 e. The van der Waals surface area contributed by atoms with Gasteiger partial charge in [-0.3, -0.25) is 4.79 Å². The Labute approximate surface area is 115 Å². The average molecular weight is 270 g/mol. The quantitative estimate of drug-likeness (QED) is 0.707. The van der Waals surface area contributed by atoms with Gasteiger partial charge in [0.05, 0.1) is 17.2 Å². The van der Waals surface area contributed by atoms with E-state index in [2.05, 4.69) is 25.6 Å². The van der Waals surface area contributed by atoms with Crippen molar-refractivity contribution in [1.82, 2.24) is 30.3 Å². The van der Waals surface area contributed by atoms with Crippen LogP contribution in [0.3, 0.4) is 0 Å². The number of fused-ring (bicyclic) bond motifs is 1. The van der Waals surface area contributed by atoms with Crippen LogP contribution in [-0.4, -0.2) is 37.4 Å². The monoisotopic (exact) mass is 270 g/mol. The molecule has 3 rings (SSSR count). The molecule has 3 aromatic rings. The van der Waals surface area contributed by atoms with Crippen LogP contribution in [-0.2, 0) is 17.8 Å². The molecule has 0 bridgehead atoms. The molecule has 0 saturated carbocycles. The van der Waals surface area contributed by atoms with Gasteiger partial charge in [0.1, 0.15) is 12.4 Å². The first-order chi connectivity index (χ1) is 9.81. The van der Waals surface area contributed by atoms with Gasteiger partial charge in [0.2, 0.25) is 5.91 Å². The number of amides is 1. The van der Waals surface area contributed by atoms with Gasteiger partial charge in [0.15, 0.2) is 0 Å². The van der Waals surface area contributed by atoms with Crippen molar-refractivity contribution in [3.05, 3.63) is 42.5 Å². The van der Waals surface area contributed by atoms with Crippen LogP contribution in [0.4, 0.5) is 0 Å². The molecular formula is C13H14N6O. The van der Waals surface area contributed by atoms with Crippen LogP contribution in [0.5, 0.6) is 0 Å². The molecule has 2 heterocycles. The smallest absolute Gasteiger partial charge is 0.241 e. The summed E-state index contributed by atoms with van der Waals surface area (Å²) >= 11 is 0. The first kappa shape index (κ1) is 12.3. The van der Waals surface area contributed by atoms with Gasteiger partial charge in [-0.1, -0.05) is 17.3 Å². The number of imidazole rings is 1. The summed E-state index contributed by atoms with van der Waals surface area (Å²) in [6.07, 6.45) is 3.86. The molecular weight excluding hydrogens is 256 g/mol. The van der Waals surface area contributed by atoms with Crippen molar-refractivity contribution < 1.29 is 4.79 Å². The normalized spacial score (nSPS) is 10.8. The van der Waals surface area contributed by atoms with E-state index in [1.165, 1.54) is 4.68 Å². The number of nitrogens with zero attached hydrogens (tertiary/aromatic N) is 4. The SMILES string of the molecule is O=C(Cn1ccnn1)NCCc1nc2ccccc2[nH]1. The van der Waals surface area contributed by atoms with Crippen molar-refractivity contribution in [3.63, 3.8) is 0 Å². The van der Waals surface area contributed by atoms with Gasteiger partial charge in [0.25, 0.3) is 0 Å². The number of aromatic nitrogens is 5. The maximum atomic E-state index is 11.6. The average Bonchev–Trinajstić information content (AvgIpc) is 3.07. The Balaban J connectivity index is 1.51. The Hall–Kier alpha value is -2.70. The van der Waals surface area contributed by atoms with E-state index in [4.69, 9.17) is 0 Å². The Morgan fingerprint density at radius 2 is 2.25 bits per heavy atom. The number of H-pyrrole nitrogens is 1. The van der Waals surface area contributed by atoms with Crippen LogP contribution in [0.2, 0.25) is 0 Å². The number of hydrogen-bond donors (Lipinski definition) is 2. The lowest BCUT2D eigenvalue weighted by Crippen LogP contribution is -2.29. The number of rotatable bonds is 5. The molecule has 0 unspecified atom stereocenters. The standard InChI is InChI=1S/C13H14N6O/c20-13(9-19-8-7-15-18-19)14-6-5-12-16-10-3-1-2-4-11(10)17-12/h1-4,7-8H,5-6,9H2,(H,14,20)(H,16,17). The third kappa shape index (κ3) is 2.82. The fraction of sp³-hybridized carbons (Fsp3) is 0.231. The van der Waals surface area contributed by atoms with Gasteiger partial charge in [-0.15, -0.1) is 5.10 Å². The van der Waals surface area contributed by atoms with Gasteiger partial charge >= 0.3 is 0 Å². The Morgan fingerprint density at radius 3 is 3.05 bits per heavy atom. The van der Waals surface area contributed by atoms with E-state index >= 15 is 0 Å². The minimum absolute atomic E-state index is 0.0911.